The lowest BCUT2D eigenvalue weighted by molar-refractivity contribution is 0.324. The van der Waals surface area contributed by atoms with Gasteiger partial charge in [0.25, 0.3) is 0 Å². The zero-order valence-corrected chi connectivity index (χ0v) is 13.9. The third kappa shape index (κ3) is 4.51. The Hall–Kier alpha value is -0.520. The molecule has 110 valence electrons. The first-order valence-corrected chi connectivity index (χ1v) is 8.36. The second-order valence-corrected chi connectivity index (χ2v) is 6.67. The van der Waals surface area contributed by atoms with Crippen LogP contribution in [0.3, 0.4) is 0 Å². The highest BCUT2D eigenvalue weighted by Crippen LogP contribution is 2.39. The van der Waals surface area contributed by atoms with Crippen molar-refractivity contribution >= 4 is 0 Å². The van der Waals surface area contributed by atoms with Gasteiger partial charge in [-0.05, 0) is 56.4 Å². The lowest BCUT2D eigenvalue weighted by Crippen LogP contribution is -2.15. The monoisotopic (exact) mass is 262 g/mol. The molecule has 1 fully saturated rings. The van der Waals surface area contributed by atoms with Crippen molar-refractivity contribution in [1.29, 1.82) is 0 Å². The number of allylic oxidation sites excluding steroid dienone is 3. The van der Waals surface area contributed by atoms with Gasteiger partial charge in [0.05, 0.1) is 0 Å². The fourth-order valence-electron chi connectivity index (χ4n) is 3.54. The number of hydrogen-bond donors (Lipinski definition) is 0. The van der Waals surface area contributed by atoms with Crippen molar-refractivity contribution in [2.45, 2.75) is 79.6 Å². The molecule has 0 bridgehead atoms. The van der Waals surface area contributed by atoms with Gasteiger partial charge in [-0.15, -0.1) is 0 Å². The maximum atomic E-state index is 4.19. The van der Waals surface area contributed by atoms with Crippen LogP contribution in [-0.4, -0.2) is 0 Å². The van der Waals surface area contributed by atoms with Crippen molar-refractivity contribution in [2.75, 3.05) is 0 Å². The van der Waals surface area contributed by atoms with Gasteiger partial charge >= 0.3 is 0 Å². The Bertz CT molecular complexity index is 315. The lowest BCUT2D eigenvalue weighted by Gasteiger charge is -2.27. The highest BCUT2D eigenvalue weighted by Gasteiger charge is 2.25. The zero-order chi connectivity index (χ0) is 14.4. The minimum absolute atomic E-state index is 0.847. The van der Waals surface area contributed by atoms with Gasteiger partial charge in [-0.2, -0.15) is 0 Å². The molecule has 1 aliphatic rings. The molecule has 0 aromatic carbocycles. The fourth-order valence-corrected chi connectivity index (χ4v) is 3.54. The maximum absolute atomic E-state index is 4.19. The molecule has 0 N–H and O–H groups in total. The van der Waals surface area contributed by atoms with Crippen LogP contribution in [-0.2, 0) is 0 Å². The topological polar surface area (TPSA) is 0 Å². The molecule has 0 radical (unpaired) electrons. The Kier molecular flexibility index (Phi) is 6.89. The molecule has 19 heavy (non-hydrogen) atoms. The molecule has 1 saturated carbocycles. The van der Waals surface area contributed by atoms with E-state index in [0.29, 0.717) is 0 Å². The average molecular weight is 262 g/mol. The second-order valence-electron chi connectivity index (χ2n) is 6.67. The van der Waals surface area contributed by atoms with Crippen LogP contribution in [0.5, 0.6) is 0 Å². The van der Waals surface area contributed by atoms with E-state index in [0.717, 1.165) is 17.8 Å². The highest BCUT2D eigenvalue weighted by atomic mass is 14.3. The summed E-state index contributed by atoms with van der Waals surface area (Å²) in [5, 5.41) is 0. The third-order valence-electron chi connectivity index (χ3n) is 5.42. The Morgan fingerprint density at radius 2 is 1.68 bits per heavy atom. The predicted molar refractivity (Wildman–Crippen MR) is 87.3 cm³/mol. The van der Waals surface area contributed by atoms with Crippen LogP contribution in [0, 0.1) is 17.8 Å². The van der Waals surface area contributed by atoms with Crippen LogP contribution in [0.15, 0.2) is 23.3 Å². The summed E-state index contributed by atoms with van der Waals surface area (Å²) in [4.78, 5) is 0. The van der Waals surface area contributed by atoms with Crippen LogP contribution in [0.25, 0.3) is 0 Å². The smallest absolute Gasteiger partial charge is 0.0197 e. The summed E-state index contributed by atoms with van der Waals surface area (Å²) < 4.78 is 0. The molecule has 0 spiro atoms. The van der Waals surface area contributed by atoms with Gasteiger partial charge in [-0.25, -0.2) is 0 Å². The number of hydrogen-bond acceptors (Lipinski definition) is 0. The molecule has 0 heteroatoms. The molecule has 0 nitrogen and oxygen atoms in total. The predicted octanol–water partition coefficient (Wildman–Crippen LogP) is 6.53. The first-order valence-electron chi connectivity index (χ1n) is 8.36. The van der Waals surface area contributed by atoms with E-state index in [1.165, 1.54) is 56.1 Å². The summed E-state index contributed by atoms with van der Waals surface area (Å²) >= 11 is 0. The Morgan fingerprint density at radius 3 is 2.11 bits per heavy atom. The van der Waals surface area contributed by atoms with Crippen molar-refractivity contribution in [3.63, 3.8) is 0 Å². The van der Waals surface area contributed by atoms with Gasteiger partial charge in [0.2, 0.25) is 0 Å². The molecule has 0 aromatic rings. The third-order valence-corrected chi connectivity index (χ3v) is 5.42. The molecule has 0 heterocycles. The van der Waals surface area contributed by atoms with Gasteiger partial charge in [0.15, 0.2) is 0 Å². The van der Waals surface area contributed by atoms with Crippen molar-refractivity contribution in [3.05, 3.63) is 23.3 Å². The summed E-state index contributed by atoms with van der Waals surface area (Å²) in [6.07, 6.45) is 9.62. The molecule has 0 amide bonds. The zero-order valence-electron chi connectivity index (χ0n) is 13.9. The van der Waals surface area contributed by atoms with Crippen LogP contribution < -0.4 is 0 Å². The lowest BCUT2D eigenvalue weighted by atomic mass is 9.78. The normalized spacial score (nSPS) is 21.1. The Morgan fingerprint density at radius 1 is 1.11 bits per heavy atom. The molecule has 1 aliphatic carbocycles. The van der Waals surface area contributed by atoms with Crippen molar-refractivity contribution < 1.29 is 0 Å². The van der Waals surface area contributed by atoms with Gasteiger partial charge in [-0.3, -0.25) is 0 Å². The standard InChI is InChI=1S/C19H34/c1-7-15(5)17(8-2)13-19(16(6)14(3)4)18-11-9-10-12-18/h15,17-18H,3,7-13H2,1-2,4-6H3. The fraction of sp³-hybridized carbons (Fsp3) is 0.789. The highest BCUT2D eigenvalue weighted by molar-refractivity contribution is 5.32. The Balaban J connectivity index is 2.91. The summed E-state index contributed by atoms with van der Waals surface area (Å²) in [6, 6.07) is 0. The van der Waals surface area contributed by atoms with Crippen molar-refractivity contribution in [3.8, 4) is 0 Å². The molecule has 1 rings (SSSR count). The average Bonchev–Trinajstić information content (AvgIpc) is 2.92. The first kappa shape index (κ1) is 16.5. The molecule has 0 aromatic heterocycles. The van der Waals surface area contributed by atoms with Crippen molar-refractivity contribution in [2.24, 2.45) is 17.8 Å². The van der Waals surface area contributed by atoms with E-state index in [-0.39, 0.29) is 0 Å². The van der Waals surface area contributed by atoms with E-state index in [4.69, 9.17) is 0 Å². The largest absolute Gasteiger partial charge is 0.0959 e. The summed E-state index contributed by atoms with van der Waals surface area (Å²) in [5.74, 6) is 2.56. The quantitative estimate of drug-likeness (QED) is 0.457. The minimum atomic E-state index is 0.847. The van der Waals surface area contributed by atoms with Crippen LogP contribution in [0.2, 0.25) is 0 Å². The van der Waals surface area contributed by atoms with Crippen LogP contribution in [0.1, 0.15) is 79.6 Å². The van der Waals surface area contributed by atoms with E-state index in [1.54, 1.807) is 5.57 Å². The van der Waals surface area contributed by atoms with E-state index < -0.39 is 0 Å². The van der Waals surface area contributed by atoms with Gasteiger partial charge in [0.1, 0.15) is 0 Å². The number of rotatable bonds is 7. The summed E-state index contributed by atoms with van der Waals surface area (Å²) in [6.45, 7) is 15.8. The molecule has 0 saturated heterocycles. The summed E-state index contributed by atoms with van der Waals surface area (Å²) in [5.41, 5.74) is 4.53. The summed E-state index contributed by atoms with van der Waals surface area (Å²) in [7, 11) is 0. The van der Waals surface area contributed by atoms with E-state index >= 15 is 0 Å². The maximum Gasteiger partial charge on any atom is -0.0197 e. The first-order chi connectivity index (χ1) is 9.01. The molecular formula is C19H34. The van der Waals surface area contributed by atoms with E-state index in [1.807, 2.05) is 0 Å². The molecule has 0 aliphatic heterocycles. The second kappa shape index (κ2) is 7.92. The van der Waals surface area contributed by atoms with Gasteiger partial charge < -0.3 is 0 Å². The van der Waals surface area contributed by atoms with Gasteiger partial charge in [-0.1, -0.05) is 64.2 Å². The molecule has 2 unspecified atom stereocenters. The molecular weight excluding hydrogens is 228 g/mol. The van der Waals surface area contributed by atoms with Crippen LogP contribution >= 0.6 is 0 Å². The van der Waals surface area contributed by atoms with Crippen LogP contribution in [0.4, 0.5) is 0 Å². The minimum Gasteiger partial charge on any atom is -0.0959 e. The SMILES string of the molecule is C=C(C)C(C)=C(CC(CC)C(C)CC)C1CCCC1. The van der Waals surface area contributed by atoms with Crippen molar-refractivity contribution in [1.82, 2.24) is 0 Å². The van der Waals surface area contributed by atoms with E-state index in [9.17, 15) is 0 Å². The van der Waals surface area contributed by atoms with E-state index in [2.05, 4.69) is 41.2 Å². The molecule has 2 atom stereocenters. The Labute approximate surface area is 121 Å². The van der Waals surface area contributed by atoms with Gasteiger partial charge in [0, 0.05) is 0 Å².